The number of nitrogens with two attached hydrogens (primary N) is 1. The van der Waals surface area contributed by atoms with Gasteiger partial charge in [-0.15, -0.1) is 11.3 Å². The van der Waals surface area contributed by atoms with Crippen LogP contribution < -0.4 is 10.5 Å². The maximum Gasteiger partial charge on any atom is 0.154 e. The number of hydrogen-bond donors (Lipinski definition) is 1. The van der Waals surface area contributed by atoms with E-state index in [0.29, 0.717) is 5.69 Å². The van der Waals surface area contributed by atoms with Gasteiger partial charge in [-0.3, -0.25) is 0 Å². The fourth-order valence-electron chi connectivity index (χ4n) is 1.13. The van der Waals surface area contributed by atoms with E-state index in [1.165, 1.54) is 0 Å². The number of methoxy groups -OCH3 is 1. The molecular formula is C10H10N2OS2. The lowest BCUT2D eigenvalue weighted by atomic mass is 10.3. The van der Waals surface area contributed by atoms with Crippen molar-refractivity contribution < 1.29 is 4.74 Å². The molecule has 15 heavy (non-hydrogen) atoms. The van der Waals surface area contributed by atoms with Gasteiger partial charge in [-0.25, -0.2) is 4.98 Å². The van der Waals surface area contributed by atoms with Gasteiger partial charge in [-0.2, -0.15) is 0 Å². The van der Waals surface area contributed by atoms with Crippen LogP contribution in [0, 0.1) is 0 Å². The minimum absolute atomic E-state index is 0.702. The number of thiazole rings is 1. The predicted octanol–water partition coefficient (Wildman–Crippen LogP) is 2.89. The summed E-state index contributed by atoms with van der Waals surface area (Å²) in [7, 11) is 1.63. The van der Waals surface area contributed by atoms with Crippen LogP contribution in [0.2, 0.25) is 0 Å². The maximum absolute atomic E-state index is 5.75. The fourth-order valence-corrected chi connectivity index (χ4v) is 2.83. The molecule has 3 nitrogen and oxygen atoms in total. The predicted molar refractivity (Wildman–Crippen MR) is 63.6 cm³/mol. The van der Waals surface area contributed by atoms with E-state index in [1.54, 1.807) is 42.5 Å². The highest BCUT2D eigenvalue weighted by Gasteiger charge is 2.03. The van der Waals surface area contributed by atoms with Gasteiger partial charge < -0.3 is 10.5 Å². The third kappa shape index (κ3) is 2.64. The van der Waals surface area contributed by atoms with Crippen LogP contribution in [0.25, 0.3) is 0 Å². The van der Waals surface area contributed by atoms with E-state index < -0.39 is 0 Å². The first kappa shape index (κ1) is 10.3. The van der Waals surface area contributed by atoms with Crippen LogP contribution in [0.4, 0.5) is 5.69 Å². The lowest BCUT2D eigenvalue weighted by Crippen LogP contribution is -1.88. The molecule has 0 aliphatic rings. The van der Waals surface area contributed by atoms with Gasteiger partial charge in [0.05, 0.1) is 7.11 Å². The summed E-state index contributed by atoms with van der Waals surface area (Å²) in [6, 6.07) is 5.66. The molecule has 2 aromatic rings. The first-order valence-corrected chi connectivity index (χ1v) is 5.99. The third-order valence-electron chi connectivity index (χ3n) is 1.75. The second kappa shape index (κ2) is 4.55. The standard InChI is InChI=1S/C10H10N2OS2/c1-13-8-4-7(11)5-9(6-8)15-10-12-2-3-14-10/h2-6H,11H2,1H3. The van der Waals surface area contributed by atoms with Crippen molar-refractivity contribution in [2.24, 2.45) is 0 Å². The van der Waals surface area contributed by atoms with Crippen molar-refractivity contribution in [1.29, 1.82) is 0 Å². The van der Waals surface area contributed by atoms with E-state index in [-0.39, 0.29) is 0 Å². The molecule has 0 aliphatic heterocycles. The summed E-state index contributed by atoms with van der Waals surface area (Å²) >= 11 is 3.19. The van der Waals surface area contributed by atoms with E-state index in [1.807, 2.05) is 17.5 Å². The summed E-state index contributed by atoms with van der Waals surface area (Å²) in [5.41, 5.74) is 6.46. The second-order valence-corrected chi connectivity index (χ2v) is 5.06. The molecule has 78 valence electrons. The SMILES string of the molecule is COc1cc(N)cc(Sc2nccs2)c1. The zero-order valence-electron chi connectivity index (χ0n) is 8.14. The minimum Gasteiger partial charge on any atom is -0.497 e. The number of benzene rings is 1. The third-order valence-corrected chi connectivity index (χ3v) is 3.61. The molecule has 0 spiro atoms. The molecule has 5 heteroatoms. The monoisotopic (exact) mass is 238 g/mol. The highest BCUT2D eigenvalue weighted by atomic mass is 32.2. The summed E-state index contributed by atoms with van der Waals surface area (Å²) in [6.07, 6.45) is 1.79. The van der Waals surface area contributed by atoms with E-state index in [9.17, 15) is 0 Å². The van der Waals surface area contributed by atoms with Crippen molar-refractivity contribution in [1.82, 2.24) is 4.98 Å². The molecule has 1 heterocycles. The molecular weight excluding hydrogens is 228 g/mol. The van der Waals surface area contributed by atoms with Crippen molar-refractivity contribution in [3.05, 3.63) is 29.8 Å². The van der Waals surface area contributed by atoms with Crippen molar-refractivity contribution in [2.75, 3.05) is 12.8 Å². The topological polar surface area (TPSA) is 48.1 Å². The van der Waals surface area contributed by atoms with E-state index in [4.69, 9.17) is 10.5 Å². The zero-order valence-corrected chi connectivity index (χ0v) is 9.77. The van der Waals surface area contributed by atoms with Crippen LogP contribution in [0.3, 0.4) is 0 Å². The summed E-state index contributed by atoms with van der Waals surface area (Å²) in [5, 5.41) is 1.95. The van der Waals surface area contributed by atoms with Gasteiger partial charge >= 0.3 is 0 Å². The van der Waals surface area contributed by atoms with Crippen LogP contribution in [-0.2, 0) is 0 Å². The quantitative estimate of drug-likeness (QED) is 0.835. The lowest BCUT2D eigenvalue weighted by molar-refractivity contribution is 0.414. The summed E-state index contributed by atoms with van der Waals surface area (Å²) < 4.78 is 6.15. The number of ether oxygens (including phenoxy) is 1. The first-order valence-electron chi connectivity index (χ1n) is 4.30. The number of rotatable bonds is 3. The fraction of sp³-hybridized carbons (Fsp3) is 0.100. The summed E-state index contributed by atoms with van der Waals surface area (Å²) in [6.45, 7) is 0. The second-order valence-electron chi connectivity index (χ2n) is 2.84. The van der Waals surface area contributed by atoms with Gasteiger partial charge in [-0.1, -0.05) is 11.8 Å². The number of nitrogens with zero attached hydrogens (tertiary/aromatic N) is 1. The Balaban J connectivity index is 2.24. The summed E-state index contributed by atoms with van der Waals surface area (Å²) in [4.78, 5) is 5.24. The van der Waals surface area contributed by atoms with Crippen LogP contribution in [0.1, 0.15) is 0 Å². The van der Waals surface area contributed by atoms with Crippen LogP contribution in [0.15, 0.2) is 39.0 Å². The smallest absolute Gasteiger partial charge is 0.154 e. The van der Waals surface area contributed by atoms with Gasteiger partial charge in [0.15, 0.2) is 4.34 Å². The van der Waals surface area contributed by atoms with Gasteiger partial charge in [0.2, 0.25) is 0 Å². The lowest BCUT2D eigenvalue weighted by Gasteiger charge is -2.04. The average Bonchev–Trinajstić information content (AvgIpc) is 2.69. The molecule has 0 aliphatic carbocycles. The Morgan fingerprint density at radius 3 is 2.93 bits per heavy atom. The molecule has 0 bridgehead atoms. The zero-order chi connectivity index (χ0) is 10.7. The molecule has 0 atom stereocenters. The first-order chi connectivity index (χ1) is 7.28. The minimum atomic E-state index is 0.702. The molecule has 0 saturated heterocycles. The average molecular weight is 238 g/mol. The number of aromatic nitrogens is 1. The van der Waals surface area contributed by atoms with E-state index in [2.05, 4.69) is 4.98 Å². The molecule has 1 aromatic carbocycles. The molecule has 0 saturated carbocycles. The van der Waals surface area contributed by atoms with Crippen molar-refractivity contribution in [3.8, 4) is 5.75 Å². The molecule has 0 radical (unpaired) electrons. The molecule has 2 N–H and O–H groups in total. The number of hydrogen-bond acceptors (Lipinski definition) is 5. The van der Waals surface area contributed by atoms with Crippen LogP contribution in [-0.4, -0.2) is 12.1 Å². The van der Waals surface area contributed by atoms with E-state index in [0.717, 1.165) is 15.0 Å². The van der Waals surface area contributed by atoms with Gasteiger partial charge in [0.25, 0.3) is 0 Å². The largest absolute Gasteiger partial charge is 0.497 e. The van der Waals surface area contributed by atoms with Gasteiger partial charge in [0.1, 0.15) is 5.75 Å². The summed E-state index contributed by atoms with van der Waals surface area (Å²) in [5.74, 6) is 0.772. The Hall–Kier alpha value is -1.20. The number of anilines is 1. The Kier molecular flexibility index (Phi) is 3.13. The highest BCUT2D eigenvalue weighted by molar-refractivity contribution is 8.01. The Morgan fingerprint density at radius 1 is 1.40 bits per heavy atom. The Labute approximate surface area is 96.3 Å². The molecule has 1 aromatic heterocycles. The normalized spacial score (nSPS) is 10.2. The molecule has 2 rings (SSSR count). The number of nitrogen functional groups attached to an aromatic ring is 1. The van der Waals surface area contributed by atoms with Gasteiger partial charge in [0, 0.05) is 28.2 Å². The van der Waals surface area contributed by atoms with Crippen molar-refractivity contribution in [2.45, 2.75) is 9.24 Å². The maximum atomic E-state index is 5.75. The van der Waals surface area contributed by atoms with Gasteiger partial charge in [-0.05, 0) is 12.1 Å². The van der Waals surface area contributed by atoms with Crippen LogP contribution >= 0.6 is 23.1 Å². The Bertz CT molecular complexity index is 443. The molecule has 0 unspecified atom stereocenters. The van der Waals surface area contributed by atoms with Crippen molar-refractivity contribution in [3.63, 3.8) is 0 Å². The molecule has 0 fully saturated rings. The Morgan fingerprint density at radius 2 is 2.27 bits per heavy atom. The molecule has 0 amide bonds. The van der Waals surface area contributed by atoms with Crippen LogP contribution in [0.5, 0.6) is 5.75 Å². The van der Waals surface area contributed by atoms with E-state index >= 15 is 0 Å². The van der Waals surface area contributed by atoms with Crippen molar-refractivity contribution >= 4 is 28.8 Å². The highest BCUT2D eigenvalue weighted by Crippen LogP contribution is 2.32.